The van der Waals surface area contributed by atoms with Gasteiger partial charge in [0.15, 0.2) is 0 Å². The molecule has 0 fully saturated rings. The number of nitrogens with zero attached hydrogens (tertiary/aromatic N) is 1. The molecule has 0 amide bonds. The Bertz CT molecular complexity index is 222. The molecule has 0 aromatic rings. The SMILES string of the molecule is CCC(C)(C#N)C(O)(COC)C(C)C. The van der Waals surface area contributed by atoms with Gasteiger partial charge in [0.05, 0.1) is 18.1 Å². The van der Waals surface area contributed by atoms with Gasteiger partial charge in [-0.2, -0.15) is 5.26 Å². The molecule has 0 heterocycles. The zero-order valence-corrected chi connectivity index (χ0v) is 9.79. The molecule has 1 N–H and O–H groups in total. The van der Waals surface area contributed by atoms with E-state index in [9.17, 15) is 5.11 Å². The Morgan fingerprint density at radius 1 is 1.50 bits per heavy atom. The maximum Gasteiger partial charge on any atom is 0.108 e. The van der Waals surface area contributed by atoms with Gasteiger partial charge in [0.1, 0.15) is 5.60 Å². The van der Waals surface area contributed by atoms with Crippen molar-refractivity contribution in [3.63, 3.8) is 0 Å². The van der Waals surface area contributed by atoms with E-state index in [2.05, 4.69) is 6.07 Å². The third kappa shape index (κ3) is 2.08. The molecule has 0 spiro atoms. The Balaban J connectivity index is 5.09. The standard InChI is InChI=1S/C11H21NO2/c1-6-10(4,7-12)11(13,8-14-5)9(2)3/h9,13H,6,8H2,1-5H3. The largest absolute Gasteiger partial charge is 0.386 e. The fourth-order valence-corrected chi connectivity index (χ4v) is 1.67. The zero-order chi connectivity index (χ0) is 11.4. The predicted octanol–water partition coefficient (Wildman–Crippen LogP) is 1.96. The van der Waals surface area contributed by atoms with Gasteiger partial charge in [0.2, 0.25) is 0 Å². The summed E-state index contributed by atoms with van der Waals surface area (Å²) in [4.78, 5) is 0. The van der Waals surface area contributed by atoms with Crippen molar-refractivity contribution >= 4 is 0 Å². The van der Waals surface area contributed by atoms with Crippen LogP contribution in [0.4, 0.5) is 0 Å². The van der Waals surface area contributed by atoms with Gasteiger partial charge < -0.3 is 9.84 Å². The summed E-state index contributed by atoms with van der Waals surface area (Å²) in [5.41, 5.74) is -1.83. The van der Waals surface area contributed by atoms with E-state index in [1.165, 1.54) is 0 Å². The summed E-state index contributed by atoms with van der Waals surface area (Å²) < 4.78 is 5.02. The molecular weight excluding hydrogens is 178 g/mol. The van der Waals surface area contributed by atoms with Gasteiger partial charge in [-0.3, -0.25) is 0 Å². The van der Waals surface area contributed by atoms with Gasteiger partial charge in [-0.05, 0) is 19.3 Å². The fourth-order valence-electron chi connectivity index (χ4n) is 1.67. The number of hydrogen-bond acceptors (Lipinski definition) is 3. The summed E-state index contributed by atoms with van der Waals surface area (Å²) in [7, 11) is 1.54. The average Bonchev–Trinajstić information content (AvgIpc) is 2.16. The monoisotopic (exact) mass is 199 g/mol. The Morgan fingerprint density at radius 2 is 2.00 bits per heavy atom. The van der Waals surface area contributed by atoms with E-state index in [4.69, 9.17) is 10.00 Å². The van der Waals surface area contributed by atoms with Crippen molar-refractivity contribution in [3.05, 3.63) is 0 Å². The molecule has 0 aromatic heterocycles. The van der Waals surface area contributed by atoms with Gasteiger partial charge in [0.25, 0.3) is 0 Å². The van der Waals surface area contributed by atoms with E-state index in [1.807, 2.05) is 20.8 Å². The van der Waals surface area contributed by atoms with Crippen LogP contribution in [0.5, 0.6) is 0 Å². The van der Waals surface area contributed by atoms with Crippen LogP contribution >= 0.6 is 0 Å². The van der Waals surface area contributed by atoms with E-state index in [0.717, 1.165) is 0 Å². The lowest BCUT2D eigenvalue weighted by Gasteiger charge is -2.42. The van der Waals surface area contributed by atoms with Crippen molar-refractivity contribution in [2.75, 3.05) is 13.7 Å². The minimum Gasteiger partial charge on any atom is -0.386 e. The second-order valence-corrected chi connectivity index (χ2v) is 4.31. The summed E-state index contributed by atoms with van der Waals surface area (Å²) in [6, 6.07) is 2.20. The van der Waals surface area contributed by atoms with E-state index in [0.29, 0.717) is 6.42 Å². The van der Waals surface area contributed by atoms with Crippen LogP contribution in [0.2, 0.25) is 0 Å². The maximum absolute atomic E-state index is 10.5. The first kappa shape index (κ1) is 13.4. The van der Waals surface area contributed by atoms with Crippen LogP contribution in [0.1, 0.15) is 34.1 Å². The molecule has 2 atom stereocenters. The van der Waals surface area contributed by atoms with Crippen LogP contribution in [0.15, 0.2) is 0 Å². The van der Waals surface area contributed by atoms with Crippen LogP contribution in [-0.2, 0) is 4.74 Å². The first-order chi connectivity index (χ1) is 6.38. The van der Waals surface area contributed by atoms with Crippen molar-refractivity contribution in [2.45, 2.75) is 39.7 Å². The number of ether oxygens (including phenoxy) is 1. The molecule has 0 bridgehead atoms. The lowest BCUT2D eigenvalue weighted by molar-refractivity contribution is -0.128. The number of rotatable bonds is 5. The summed E-state index contributed by atoms with van der Waals surface area (Å²) >= 11 is 0. The molecule has 0 aliphatic rings. The first-order valence-corrected chi connectivity index (χ1v) is 5.00. The fraction of sp³-hybridized carbons (Fsp3) is 0.909. The molecule has 3 heteroatoms. The topological polar surface area (TPSA) is 53.2 Å². The molecular formula is C11H21NO2. The second-order valence-electron chi connectivity index (χ2n) is 4.31. The van der Waals surface area contributed by atoms with E-state index >= 15 is 0 Å². The normalized spacial score (nSPS) is 19.9. The van der Waals surface area contributed by atoms with E-state index < -0.39 is 11.0 Å². The highest BCUT2D eigenvalue weighted by molar-refractivity contribution is 5.09. The van der Waals surface area contributed by atoms with Crippen molar-refractivity contribution in [1.29, 1.82) is 5.26 Å². The highest BCUT2D eigenvalue weighted by atomic mass is 16.5. The van der Waals surface area contributed by atoms with Gasteiger partial charge >= 0.3 is 0 Å². The molecule has 82 valence electrons. The molecule has 3 nitrogen and oxygen atoms in total. The van der Waals surface area contributed by atoms with E-state index in [1.54, 1.807) is 14.0 Å². The molecule has 0 saturated heterocycles. The number of aliphatic hydroxyl groups is 1. The third-order valence-electron chi connectivity index (χ3n) is 3.23. The van der Waals surface area contributed by atoms with Crippen LogP contribution in [0, 0.1) is 22.7 Å². The van der Waals surface area contributed by atoms with Crippen molar-refractivity contribution in [1.82, 2.24) is 0 Å². The Kier molecular flexibility index (Phi) is 4.57. The van der Waals surface area contributed by atoms with Gasteiger partial charge in [-0.15, -0.1) is 0 Å². The lowest BCUT2D eigenvalue weighted by atomic mass is 9.67. The highest BCUT2D eigenvalue weighted by Crippen LogP contribution is 2.39. The van der Waals surface area contributed by atoms with Crippen LogP contribution in [0.3, 0.4) is 0 Å². The molecule has 14 heavy (non-hydrogen) atoms. The van der Waals surface area contributed by atoms with Crippen LogP contribution in [-0.4, -0.2) is 24.4 Å². The number of methoxy groups -OCH3 is 1. The minimum atomic E-state index is -1.08. The Labute approximate surface area is 86.7 Å². The third-order valence-corrected chi connectivity index (χ3v) is 3.23. The predicted molar refractivity (Wildman–Crippen MR) is 55.7 cm³/mol. The van der Waals surface area contributed by atoms with Crippen LogP contribution in [0.25, 0.3) is 0 Å². The Morgan fingerprint density at radius 3 is 2.21 bits per heavy atom. The summed E-state index contributed by atoms with van der Waals surface area (Å²) in [6.07, 6.45) is 0.613. The Hall–Kier alpha value is -0.590. The van der Waals surface area contributed by atoms with Gasteiger partial charge in [-0.25, -0.2) is 0 Å². The first-order valence-electron chi connectivity index (χ1n) is 5.00. The zero-order valence-electron chi connectivity index (χ0n) is 9.79. The van der Waals surface area contributed by atoms with Crippen molar-refractivity contribution < 1.29 is 9.84 Å². The quantitative estimate of drug-likeness (QED) is 0.736. The molecule has 0 aromatic carbocycles. The molecule has 2 unspecified atom stereocenters. The van der Waals surface area contributed by atoms with Crippen molar-refractivity contribution in [2.24, 2.45) is 11.3 Å². The van der Waals surface area contributed by atoms with Gasteiger partial charge in [0, 0.05) is 7.11 Å². The average molecular weight is 199 g/mol. The number of nitriles is 1. The molecule has 0 saturated carbocycles. The van der Waals surface area contributed by atoms with E-state index in [-0.39, 0.29) is 12.5 Å². The smallest absolute Gasteiger partial charge is 0.108 e. The minimum absolute atomic E-state index is 0.00736. The molecule has 0 rings (SSSR count). The molecule has 0 radical (unpaired) electrons. The summed E-state index contributed by atoms with van der Waals surface area (Å²) in [5.74, 6) is -0.00736. The lowest BCUT2D eigenvalue weighted by Crippen LogP contribution is -2.53. The highest BCUT2D eigenvalue weighted by Gasteiger charge is 2.48. The second kappa shape index (κ2) is 4.77. The summed E-state index contributed by atoms with van der Waals surface area (Å²) in [5, 5.41) is 19.6. The summed E-state index contributed by atoms with van der Waals surface area (Å²) in [6.45, 7) is 7.70. The van der Waals surface area contributed by atoms with Gasteiger partial charge in [-0.1, -0.05) is 20.8 Å². The molecule has 0 aliphatic carbocycles. The molecule has 0 aliphatic heterocycles. The number of hydrogen-bond donors (Lipinski definition) is 1. The maximum atomic E-state index is 10.5. The van der Waals surface area contributed by atoms with Crippen molar-refractivity contribution in [3.8, 4) is 6.07 Å². The van der Waals surface area contributed by atoms with Crippen LogP contribution < -0.4 is 0 Å².